The number of aromatic amines is 1. The number of benzene rings is 2. The Kier molecular flexibility index (Phi) is 5.36. The summed E-state index contributed by atoms with van der Waals surface area (Å²) in [6.45, 7) is 0.649. The van der Waals surface area contributed by atoms with E-state index in [9.17, 15) is 4.79 Å². The molecule has 0 unspecified atom stereocenters. The summed E-state index contributed by atoms with van der Waals surface area (Å²) >= 11 is 0. The van der Waals surface area contributed by atoms with Crippen LogP contribution in [0, 0.1) is 0 Å². The zero-order chi connectivity index (χ0) is 21.8. The Hall–Kier alpha value is -4.39. The van der Waals surface area contributed by atoms with E-state index in [-0.39, 0.29) is 5.91 Å². The Morgan fingerprint density at radius 3 is 2.53 bits per heavy atom. The van der Waals surface area contributed by atoms with Gasteiger partial charge in [-0.1, -0.05) is 36.4 Å². The number of aliphatic imine (C=N–C) groups is 1. The molecule has 7 heteroatoms. The molecule has 158 valence electrons. The molecule has 32 heavy (non-hydrogen) atoms. The Bertz CT molecular complexity index is 1260. The van der Waals surface area contributed by atoms with Crippen molar-refractivity contribution in [3.05, 3.63) is 102 Å². The molecule has 1 amide bonds. The van der Waals surface area contributed by atoms with E-state index in [1.807, 2.05) is 78.9 Å². The van der Waals surface area contributed by atoms with Crippen LogP contribution in [0.4, 0.5) is 11.4 Å². The van der Waals surface area contributed by atoms with Gasteiger partial charge in [0.2, 0.25) is 0 Å². The summed E-state index contributed by atoms with van der Waals surface area (Å²) in [5.41, 5.74) is 12.3. The van der Waals surface area contributed by atoms with Gasteiger partial charge >= 0.3 is 0 Å². The molecule has 0 saturated heterocycles. The highest BCUT2D eigenvalue weighted by Crippen LogP contribution is 2.24. The van der Waals surface area contributed by atoms with Crippen LogP contribution in [0.25, 0.3) is 11.3 Å². The second kappa shape index (κ2) is 8.77. The second-order valence-electron chi connectivity index (χ2n) is 7.42. The van der Waals surface area contributed by atoms with Gasteiger partial charge in [-0.3, -0.25) is 20.6 Å². The average molecular weight is 422 g/mol. The smallest absolute Gasteiger partial charge is 0.253 e. The first-order valence-electron chi connectivity index (χ1n) is 10.4. The van der Waals surface area contributed by atoms with E-state index >= 15 is 0 Å². The van der Waals surface area contributed by atoms with Gasteiger partial charge in [-0.2, -0.15) is 0 Å². The van der Waals surface area contributed by atoms with Crippen LogP contribution >= 0.6 is 0 Å². The third-order valence-electron chi connectivity index (χ3n) is 5.21. The van der Waals surface area contributed by atoms with E-state index in [1.54, 1.807) is 6.20 Å². The van der Waals surface area contributed by atoms with Crippen LogP contribution in [0.15, 0.2) is 90.1 Å². The Morgan fingerprint density at radius 1 is 0.969 bits per heavy atom. The molecule has 4 aromatic rings. The van der Waals surface area contributed by atoms with Crippen LogP contribution < -0.4 is 16.2 Å². The lowest BCUT2D eigenvalue weighted by Crippen LogP contribution is -2.31. The predicted octanol–water partition coefficient (Wildman–Crippen LogP) is 4.06. The Morgan fingerprint density at radius 2 is 1.75 bits per heavy atom. The molecule has 0 radical (unpaired) electrons. The van der Waals surface area contributed by atoms with Crippen LogP contribution in [0.1, 0.15) is 21.7 Å². The number of pyridine rings is 1. The molecule has 1 aliphatic heterocycles. The lowest BCUT2D eigenvalue weighted by molar-refractivity contribution is 0.0946. The van der Waals surface area contributed by atoms with Crippen LogP contribution in [-0.4, -0.2) is 28.3 Å². The molecule has 0 fully saturated rings. The monoisotopic (exact) mass is 422 g/mol. The van der Waals surface area contributed by atoms with Crippen LogP contribution in [0.3, 0.4) is 0 Å². The lowest BCUT2D eigenvalue weighted by atomic mass is 10.1. The highest BCUT2D eigenvalue weighted by atomic mass is 16.1. The maximum absolute atomic E-state index is 12.1. The normalized spacial score (nSPS) is 13.2. The number of H-pyrrole nitrogens is 1. The third kappa shape index (κ3) is 4.22. The molecule has 7 nitrogen and oxygen atoms in total. The van der Waals surface area contributed by atoms with Crippen molar-refractivity contribution in [3.8, 4) is 11.3 Å². The molecule has 4 N–H and O–H groups in total. The number of anilines is 1. The van der Waals surface area contributed by atoms with Gasteiger partial charge in [0.15, 0.2) is 5.84 Å². The molecular weight excluding hydrogens is 400 g/mol. The first kappa shape index (κ1) is 19.6. The highest BCUT2D eigenvalue weighted by molar-refractivity contribution is 6.00. The van der Waals surface area contributed by atoms with Crippen molar-refractivity contribution in [1.82, 2.24) is 20.7 Å². The average Bonchev–Trinajstić information content (AvgIpc) is 3.29. The zero-order valence-corrected chi connectivity index (χ0v) is 17.3. The standard InChI is InChI=1S/C25H22N6O/c32-25-20-16-22(29-21(20)12-14-27-25)17-11-13-26-23(15-17)24(28-18-7-3-1-4-8-18)31-30-19-9-5-2-6-10-19/h1-11,13,15-16,29-30H,12,14H2,(H,27,32)(H,28,31). The maximum atomic E-state index is 12.1. The van der Waals surface area contributed by atoms with Gasteiger partial charge in [0, 0.05) is 36.1 Å². The topological polar surface area (TPSA) is 94.2 Å². The fourth-order valence-corrected chi connectivity index (χ4v) is 3.61. The summed E-state index contributed by atoms with van der Waals surface area (Å²) in [5, 5.41) is 2.88. The quantitative estimate of drug-likeness (QED) is 0.222. The van der Waals surface area contributed by atoms with Crippen LogP contribution in [0.2, 0.25) is 0 Å². The number of hydrazine groups is 1. The number of nitrogens with one attached hydrogen (secondary N) is 4. The first-order chi connectivity index (χ1) is 15.8. The van der Waals surface area contributed by atoms with E-state index in [0.29, 0.717) is 23.6 Å². The minimum Gasteiger partial charge on any atom is -0.358 e. The van der Waals surface area contributed by atoms with Gasteiger partial charge in [-0.25, -0.2) is 4.99 Å². The molecule has 3 heterocycles. The number of aromatic nitrogens is 2. The van der Waals surface area contributed by atoms with Crippen molar-refractivity contribution in [1.29, 1.82) is 0 Å². The molecule has 5 rings (SSSR count). The molecule has 1 aliphatic rings. The molecule has 0 bridgehead atoms. The SMILES string of the molecule is O=C1NCCc2[nH]c(-c3ccnc(C(=Nc4ccccc4)NNc4ccccc4)c3)cc21. The zero-order valence-electron chi connectivity index (χ0n) is 17.3. The molecular formula is C25H22N6O. The molecule has 0 atom stereocenters. The Labute approximate surface area is 185 Å². The number of nitrogens with zero attached hydrogens (tertiary/aromatic N) is 2. The minimum absolute atomic E-state index is 0.0388. The third-order valence-corrected chi connectivity index (χ3v) is 5.21. The summed E-state index contributed by atoms with van der Waals surface area (Å²) in [6, 6.07) is 25.3. The van der Waals surface area contributed by atoms with E-state index in [4.69, 9.17) is 4.99 Å². The summed E-state index contributed by atoms with van der Waals surface area (Å²) in [7, 11) is 0. The molecule has 2 aromatic heterocycles. The van der Waals surface area contributed by atoms with Crippen molar-refractivity contribution < 1.29 is 4.79 Å². The summed E-state index contributed by atoms with van der Waals surface area (Å²) < 4.78 is 0. The van der Waals surface area contributed by atoms with E-state index < -0.39 is 0 Å². The number of hydrogen-bond acceptors (Lipinski definition) is 4. The maximum Gasteiger partial charge on any atom is 0.253 e. The van der Waals surface area contributed by atoms with E-state index in [2.05, 4.69) is 26.1 Å². The number of hydrogen-bond donors (Lipinski definition) is 4. The summed E-state index contributed by atoms with van der Waals surface area (Å²) in [4.78, 5) is 24.8. The number of fused-ring (bicyclic) bond motifs is 1. The largest absolute Gasteiger partial charge is 0.358 e. The van der Waals surface area contributed by atoms with E-state index in [0.717, 1.165) is 34.7 Å². The second-order valence-corrected chi connectivity index (χ2v) is 7.42. The van der Waals surface area contributed by atoms with Crippen molar-refractivity contribution in [2.45, 2.75) is 6.42 Å². The lowest BCUT2D eigenvalue weighted by Gasteiger charge is -2.13. The number of para-hydroxylation sites is 2. The van der Waals surface area contributed by atoms with Crippen LogP contribution in [-0.2, 0) is 6.42 Å². The molecule has 0 spiro atoms. The van der Waals surface area contributed by atoms with Gasteiger partial charge in [0.25, 0.3) is 5.91 Å². The van der Waals surface area contributed by atoms with Gasteiger partial charge in [-0.05, 0) is 42.5 Å². The van der Waals surface area contributed by atoms with Gasteiger partial charge in [-0.15, -0.1) is 0 Å². The molecule has 0 saturated carbocycles. The number of carbonyl (C=O) groups is 1. The number of amidine groups is 1. The van der Waals surface area contributed by atoms with Crippen LogP contribution in [0.5, 0.6) is 0 Å². The molecule has 2 aromatic carbocycles. The Balaban J connectivity index is 1.49. The first-order valence-corrected chi connectivity index (χ1v) is 10.4. The predicted molar refractivity (Wildman–Crippen MR) is 126 cm³/mol. The minimum atomic E-state index is -0.0388. The fraction of sp³-hybridized carbons (Fsp3) is 0.0800. The molecule has 0 aliphatic carbocycles. The summed E-state index contributed by atoms with van der Waals surface area (Å²) in [5.74, 6) is 0.541. The number of amides is 1. The van der Waals surface area contributed by atoms with Crippen molar-refractivity contribution in [3.63, 3.8) is 0 Å². The van der Waals surface area contributed by atoms with Gasteiger partial charge in [0.05, 0.1) is 16.9 Å². The number of rotatable bonds is 5. The van der Waals surface area contributed by atoms with Gasteiger partial charge in [0.1, 0.15) is 5.69 Å². The fourth-order valence-electron chi connectivity index (χ4n) is 3.61. The van der Waals surface area contributed by atoms with Crippen molar-refractivity contribution in [2.75, 3.05) is 12.0 Å². The van der Waals surface area contributed by atoms with E-state index in [1.165, 1.54) is 0 Å². The summed E-state index contributed by atoms with van der Waals surface area (Å²) in [6.07, 6.45) is 2.54. The van der Waals surface area contributed by atoms with Crippen molar-refractivity contribution >= 4 is 23.1 Å². The van der Waals surface area contributed by atoms with Crippen molar-refractivity contribution in [2.24, 2.45) is 4.99 Å². The number of carbonyl (C=O) groups excluding carboxylic acids is 1. The highest BCUT2D eigenvalue weighted by Gasteiger charge is 2.20. The van der Waals surface area contributed by atoms with Gasteiger partial charge < -0.3 is 10.3 Å².